The highest BCUT2D eigenvalue weighted by Gasteiger charge is 2.38. The first-order valence-electron chi connectivity index (χ1n) is 4.29. The molecule has 0 aromatic rings. The topological polar surface area (TPSA) is 20.2 Å². The largest absolute Gasteiger partial charge is 0.396 e. The summed E-state index contributed by atoms with van der Waals surface area (Å²) in [6.07, 6.45) is 2.21. The van der Waals surface area contributed by atoms with Crippen molar-refractivity contribution < 1.29 is 5.11 Å². The van der Waals surface area contributed by atoms with Gasteiger partial charge in [0.25, 0.3) is 0 Å². The summed E-state index contributed by atoms with van der Waals surface area (Å²) in [6, 6.07) is 0. The molecule has 1 N–H and O–H groups in total. The van der Waals surface area contributed by atoms with Crippen LogP contribution in [0.15, 0.2) is 11.6 Å². The molecule has 2 atom stereocenters. The van der Waals surface area contributed by atoms with E-state index in [1.165, 1.54) is 5.57 Å². The normalized spacial score (nSPS) is 35.5. The van der Waals surface area contributed by atoms with Gasteiger partial charge in [0.2, 0.25) is 0 Å². The molecule has 0 saturated heterocycles. The lowest BCUT2D eigenvalue weighted by Gasteiger charge is -2.31. The minimum atomic E-state index is 0.249. The maximum absolute atomic E-state index is 9.09. The third-order valence-corrected chi connectivity index (χ3v) is 3.42. The molecule has 0 radical (unpaired) electrons. The zero-order valence-electron chi connectivity index (χ0n) is 7.89. The zero-order valence-corrected chi connectivity index (χ0v) is 7.89. The highest BCUT2D eigenvalue weighted by Crippen LogP contribution is 2.45. The van der Waals surface area contributed by atoms with Crippen LogP contribution in [-0.2, 0) is 0 Å². The van der Waals surface area contributed by atoms with Crippen molar-refractivity contribution in [3.8, 4) is 0 Å². The molecule has 1 heteroatoms. The average Bonchev–Trinajstić information content (AvgIpc) is 2.13. The average molecular weight is 154 g/mol. The second-order valence-corrected chi connectivity index (χ2v) is 4.24. The van der Waals surface area contributed by atoms with Crippen LogP contribution >= 0.6 is 0 Å². The minimum Gasteiger partial charge on any atom is -0.396 e. The van der Waals surface area contributed by atoms with Crippen LogP contribution in [0.3, 0.4) is 0 Å². The van der Waals surface area contributed by atoms with Crippen LogP contribution in [0.5, 0.6) is 0 Å². The van der Waals surface area contributed by atoms with Gasteiger partial charge in [-0.15, -0.1) is 0 Å². The van der Waals surface area contributed by atoms with Crippen molar-refractivity contribution in [1.29, 1.82) is 0 Å². The van der Waals surface area contributed by atoms with Crippen LogP contribution < -0.4 is 0 Å². The lowest BCUT2D eigenvalue weighted by Crippen LogP contribution is -2.27. The maximum atomic E-state index is 9.09. The first-order chi connectivity index (χ1) is 5.00. The summed E-state index contributed by atoms with van der Waals surface area (Å²) in [6.45, 7) is 9.13. The Labute approximate surface area is 69.1 Å². The van der Waals surface area contributed by atoms with Gasteiger partial charge in [-0.3, -0.25) is 0 Å². The SMILES string of the molecule is CC1=CC(CO)C(C)(C)[C@H]1C. The van der Waals surface area contributed by atoms with Crippen molar-refractivity contribution in [2.45, 2.75) is 27.7 Å². The second-order valence-electron chi connectivity index (χ2n) is 4.24. The molecule has 0 fully saturated rings. The van der Waals surface area contributed by atoms with E-state index in [1.807, 2.05) is 0 Å². The first kappa shape index (κ1) is 8.79. The van der Waals surface area contributed by atoms with Gasteiger partial charge in [0.1, 0.15) is 0 Å². The summed E-state index contributed by atoms with van der Waals surface area (Å²) in [4.78, 5) is 0. The molecule has 1 rings (SSSR count). The Hall–Kier alpha value is -0.300. The molecule has 1 aliphatic carbocycles. The molecular formula is C10H18O. The van der Waals surface area contributed by atoms with Crippen LogP contribution in [0.2, 0.25) is 0 Å². The van der Waals surface area contributed by atoms with Crippen LogP contribution in [0.4, 0.5) is 0 Å². The van der Waals surface area contributed by atoms with E-state index in [4.69, 9.17) is 5.11 Å². The summed E-state index contributed by atoms with van der Waals surface area (Å²) < 4.78 is 0. The molecule has 0 heterocycles. The number of allylic oxidation sites excluding steroid dienone is 1. The van der Waals surface area contributed by atoms with Crippen LogP contribution in [-0.4, -0.2) is 11.7 Å². The number of hydrogen-bond acceptors (Lipinski definition) is 1. The van der Waals surface area contributed by atoms with Crippen molar-refractivity contribution in [2.24, 2.45) is 17.3 Å². The Morgan fingerprint density at radius 3 is 2.27 bits per heavy atom. The van der Waals surface area contributed by atoms with Gasteiger partial charge >= 0.3 is 0 Å². The van der Waals surface area contributed by atoms with Gasteiger partial charge in [0.15, 0.2) is 0 Å². The Morgan fingerprint density at radius 1 is 1.55 bits per heavy atom. The highest BCUT2D eigenvalue weighted by atomic mass is 16.3. The molecule has 0 aromatic carbocycles. The van der Waals surface area contributed by atoms with Gasteiger partial charge in [0, 0.05) is 12.5 Å². The van der Waals surface area contributed by atoms with Crippen molar-refractivity contribution in [1.82, 2.24) is 0 Å². The van der Waals surface area contributed by atoms with Gasteiger partial charge in [-0.2, -0.15) is 0 Å². The van der Waals surface area contributed by atoms with Gasteiger partial charge in [-0.1, -0.05) is 32.4 Å². The fourth-order valence-electron chi connectivity index (χ4n) is 1.87. The summed E-state index contributed by atoms with van der Waals surface area (Å²) >= 11 is 0. The third-order valence-electron chi connectivity index (χ3n) is 3.42. The van der Waals surface area contributed by atoms with E-state index < -0.39 is 0 Å². The van der Waals surface area contributed by atoms with Crippen LogP contribution in [0.1, 0.15) is 27.7 Å². The van der Waals surface area contributed by atoms with E-state index in [0.717, 1.165) is 0 Å². The molecule has 0 aromatic heterocycles. The molecule has 0 aliphatic heterocycles. The molecule has 64 valence electrons. The molecule has 0 amide bonds. The van der Waals surface area contributed by atoms with Gasteiger partial charge in [0.05, 0.1) is 0 Å². The van der Waals surface area contributed by atoms with Gasteiger partial charge in [-0.25, -0.2) is 0 Å². The van der Waals surface area contributed by atoms with Crippen molar-refractivity contribution in [3.63, 3.8) is 0 Å². The number of aliphatic hydroxyl groups is 1. The fraction of sp³-hybridized carbons (Fsp3) is 0.800. The molecule has 1 aliphatic rings. The summed E-state index contributed by atoms with van der Waals surface area (Å²) in [7, 11) is 0. The Bertz CT molecular complexity index is 179. The van der Waals surface area contributed by atoms with Crippen molar-refractivity contribution in [3.05, 3.63) is 11.6 Å². The lowest BCUT2D eigenvalue weighted by molar-refractivity contribution is 0.134. The van der Waals surface area contributed by atoms with E-state index >= 15 is 0 Å². The molecular weight excluding hydrogens is 136 g/mol. The predicted molar refractivity (Wildman–Crippen MR) is 47.3 cm³/mol. The molecule has 0 bridgehead atoms. The van der Waals surface area contributed by atoms with Crippen LogP contribution in [0.25, 0.3) is 0 Å². The number of aliphatic hydroxyl groups excluding tert-OH is 1. The molecule has 0 spiro atoms. The van der Waals surface area contributed by atoms with Gasteiger partial charge < -0.3 is 5.11 Å². The zero-order chi connectivity index (χ0) is 8.65. The molecule has 1 nitrogen and oxygen atoms in total. The lowest BCUT2D eigenvalue weighted by atomic mass is 9.74. The van der Waals surface area contributed by atoms with Crippen molar-refractivity contribution >= 4 is 0 Å². The quantitative estimate of drug-likeness (QED) is 0.574. The number of rotatable bonds is 1. The summed E-state index contributed by atoms with van der Waals surface area (Å²) in [5, 5.41) is 9.09. The van der Waals surface area contributed by atoms with E-state index in [-0.39, 0.29) is 12.0 Å². The van der Waals surface area contributed by atoms with E-state index in [9.17, 15) is 0 Å². The van der Waals surface area contributed by atoms with E-state index in [2.05, 4.69) is 33.8 Å². The highest BCUT2D eigenvalue weighted by molar-refractivity contribution is 5.18. The maximum Gasteiger partial charge on any atom is 0.0499 e. The minimum absolute atomic E-state index is 0.249. The standard InChI is InChI=1S/C10H18O/c1-7-5-9(6-11)10(3,4)8(7)2/h5,8-9,11H,6H2,1-4H3/t8-,9?/m0/s1. The van der Waals surface area contributed by atoms with Gasteiger partial charge in [-0.05, 0) is 18.3 Å². The monoisotopic (exact) mass is 154 g/mol. The summed E-state index contributed by atoms with van der Waals surface area (Å²) in [5.74, 6) is 0.970. The Morgan fingerprint density at radius 2 is 2.09 bits per heavy atom. The van der Waals surface area contributed by atoms with Crippen molar-refractivity contribution in [2.75, 3.05) is 6.61 Å². The molecule has 11 heavy (non-hydrogen) atoms. The Balaban J connectivity index is 2.85. The van der Waals surface area contributed by atoms with Crippen LogP contribution in [0, 0.1) is 17.3 Å². The second kappa shape index (κ2) is 2.63. The van der Waals surface area contributed by atoms with E-state index in [1.54, 1.807) is 0 Å². The molecule has 0 saturated carbocycles. The van der Waals surface area contributed by atoms with E-state index in [0.29, 0.717) is 11.8 Å². The number of hydrogen-bond donors (Lipinski definition) is 1. The third kappa shape index (κ3) is 1.22. The smallest absolute Gasteiger partial charge is 0.0499 e. The molecule has 1 unspecified atom stereocenters. The predicted octanol–water partition coefficient (Wildman–Crippen LogP) is 2.22. The summed E-state index contributed by atoms with van der Waals surface area (Å²) in [5.41, 5.74) is 1.67. The first-order valence-corrected chi connectivity index (χ1v) is 4.29. The Kier molecular flexibility index (Phi) is 2.10. The fourth-order valence-corrected chi connectivity index (χ4v) is 1.87.